The fraction of sp³-hybridized carbons (Fsp3) is 0.480. The molecule has 1 heterocycles. The van der Waals surface area contributed by atoms with Crippen LogP contribution in [-0.2, 0) is 17.5 Å². The topological polar surface area (TPSA) is 36.0 Å². The summed E-state index contributed by atoms with van der Waals surface area (Å²) in [6.07, 6.45) is -4.49. The normalized spacial score (nSPS) is 18.4. The third-order valence-corrected chi connectivity index (χ3v) is 6.97. The highest BCUT2D eigenvalue weighted by Crippen LogP contribution is 2.36. The molecule has 11 heteroatoms. The van der Waals surface area contributed by atoms with Gasteiger partial charge in [0.2, 0.25) is 0 Å². The predicted octanol–water partition coefficient (Wildman–Crippen LogP) is 6.14. The molecule has 0 aromatic heterocycles. The fourth-order valence-corrected chi connectivity index (χ4v) is 4.68. The number of nitrogens with zero attached hydrogens (tertiary/aromatic N) is 3. The van der Waals surface area contributed by atoms with E-state index in [4.69, 9.17) is 27.9 Å². The smallest absolute Gasteiger partial charge is 0.419 e. The Balaban J connectivity index is 1.77. The van der Waals surface area contributed by atoms with Gasteiger partial charge in [-0.2, -0.15) is 13.2 Å². The van der Waals surface area contributed by atoms with Crippen LogP contribution in [0, 0.1) is 5.82 Å². The lowest BCUT2D eigenvalue weighted by Gasteiger charge is -2.29. The zero-order chi connectivity index (χ0) is 26.6. The van der Waals surface area contributed by atoms with Crippen LogP contribution < -0.4 is 0 Å². The van der Waals surface area contributed by atoms with Gasteiger partial charge in [0.25, 0.3) is 0 Å². The number of alkyl halides is 3. The van der Waals surface area contributed by atoms with E-state index >= 15 is 0 Å². The first-order chi connectivity index (χ1) is 16.9. The number of benzene rings is 2. The van der Waals surface area contributed by atoms with Crippen molar-refractivity contribution in [1.82, 2.24) is 14.7 Å². The summed E-state index contributed by atoms with van der Waals surface area (Å²) in [5, 5.41) is 0.783. The Morgan fingerprint density at radius 1 is 1.08 bits per heavy atom. The number of likely N-dealkylation sites (tertiary alicyclic amines) is 1. The lowest BCUT2D eigenvalue weighted by atomic mass is 9.93. The summed E-state index contributed by atoms with van der Waals surface area (Å²) in [5.74, 6) is -1.48. The van der Waals surface area contributed by atoms with E-state index in [2.05, 4.69) is 0 Å². The van der Waals surface area contributed by atoms with E-state index in [0.717, 1.165) is 24.2 Å². The van der Waals surface area contributed by atoms with Gasteiger partial charge in [-0.25, -0.2) is 9.18 Å². The monoisotopic (exact) mass is 549 g/mol. The second-order valence-electron chi connectivity index (χ2n) is 9.25. The number of hydrogen-bond donors (Lipinski definition) is 0. The van der Waals surface area contributed by atoms with Gasteiger partial charge in [0.15, 0.2) is 0 Å². The van der Waals surface area contributed by atoms with Crippen molar-refractivity contribution in [3.05, 3.63) is 69.0 Å². The average Bonchev–Trinajstić information content (AvgIpc) is 3.23. The maximum atomic E-state index is 14.1. The number of hydrogen-bond acceptors (Lipinski definition) is 4. The van der Waals surface area contributed by atoms with Gasteiger partial charge in [0, 0.05) is 38.1 Å². The van der Waals surface area contributed by atoms with Gasteiger partial charge in [-0.1, -0.05) is 35.3 Å². The van der Waals surface area contributed by atoms with E-state index in [1.54, 1.807) is 24.1 Å². The van der Waals surface area contributed by atoms with Crippen molar-refractivity contribution in [2.45, 2.75) is 31.1 Å². The minimum absolute atomic E-state index is 0.168. The van der Waals surface area contributed by atoms with Crippen LogP contribution in [0.2, 0.25) is 10.0 Å². The van der Waals surface area contributed by atoms with E-state index in [9.17, 15) is 22.4 Å². The summed E-state index contributed by atoms with van der Waals surface area (Å²) in [5.41, 5.74) is -0.0463. The van der Waals surface area contributed by atoms with Crippen LogP contribution >= 0.6 is 23.2 Å². The molecule has 2 aromatic carbocycles. The molecule has 198 valence electrons. The lowest BCUT2D eigenvalue weighted by molar-refractivity contribution is -0.140. The summed E-state index contributed by atoms with van der Waals surface area (Å²) in [7, 11) is 5.66. The van der Waals surface area contributed by atoms with Gasteiger partial charge in [-0.15, -0.1) is 0 Å². The van der Waals surface area contributed by atoms with Crippen molar-refractivity contribution in [3.8, 4) is 0 Å². The first kappa shape index (κ1) is 28.5. The third-order valence-electron chi connectivity index (χ3n) is 6.23. The van der Waals surface area contributed by atoms with E-state index < -0.39 is 23.7 Å². The number of halogens is 6. The standard InChI is InChI=1S/C25H29Cl2F4N3O2/c1-32(2)9-4-10-36-24(35)34-14-18(17-6-8-20(26)21(27)12-17)23(15-34)33(3)13-16-5-7-19(22(28)11-16)25(29,30)31/h5-8,11-12,18,23H,4,9-10,13-15H2,1-3H3/t18-,23+/m1/s1. The molecule has 0 radical (unpaired) electrons. The summed E-state index contributed by atoms with van der Waals surface area (Å²) < 4.78 is 58.4. The SMILES string of the molecule is CN(C)CCCOC(=O)N1C[C@H](c2ccc(Cl)c(Cl)c2)[C@@H](N(C)Cc2ccc(C(F)(F)F)c(F)c2)C1. The molecule has 0 unspecified atom stereocenters. The number of amides is 1. The van der Waals surface area contributed by atoms with Crippen LogP contribution in [0.5, 0.6) is 0 Å². The molecule has 36 heavy (non-hydrogen) atoms. The summed E-state index contributed by atoms with van der Waals surface area (Å²) in [6, 6.07) is 7.97. The zero-order valence-electron chi connectivity index (χ0n) is 20.3. The number of carbonyl (C=O) groups excluding carboxylic acids is 1. The maximum Gasteiger partial charge on any atom is 0.419 e. The molecular formula is C25H29Cl2F4N3O2. The number of carbonyl (C=O) groups is 1. The number of ether oxygens (including phenoxy) is 1. The molecule has 0 bridgehead atoms. The molecule has 1 aliphatic heterocycles. The van der Waals surface area contributed by atoms with Crippen LogP contribution in [0.1, 0.15) is 29.0 Å². The number of likely N-dealkylation sites (N-methyl/N-ethyl adjacent to an activating group) is 1. The summed E-state index contributed by atoms with van der Waals surface area (Å²) in [6.45, 7) is 1.95. The molecule has 2 aromatic rings. The van der Waals surface area contributed by atoms with Crippen LogP contribution in [0.25, 0.3) is 0 Å². The highest BCUT2D eigenvalue weighted by Gasteiger charge is 2.39. The lowest BCUT2D eigenvalue weighted by Crippen LogP contribution is -2.38. The average molecular weight is 550 g/mol. The van der Waals surface area contributed by atoms with Crippen molar-refractivity contribution >= 4 is 29.3 Å². The van der Waals surface area contributed by atoms with Crippen molar-refractivity contribution in [1.29, 1.82) is 0 Å². The zero-order valence-corrected chi connectivity index (χ0v) is 21.8. The van der Waals surface area contributed by atoms with Gasteiger partial charge >= 0.3 is 12.3 Å². The highest BCUT2D eigenvalue weighted by molar-refractivity contribution is 6.42. The Hall–Kier alpha value is -2.07. The Bertz CT molecular complexity index is 1070. The second kappa shape index (κ2) is 12.0. The first-order valence-corrected chi connectivity index (χ1v) is 12.2. The Kier molecular flexibility index (Phi) is 9.49. The molecule has 1 saturated heterocycles. The van der Waals surface area contributed by atoms with E-state index in [-0.39, 0.29) is 25.1 Å². The summed E-state index contributed by atoms with van der Waals surface area (Å²) in [4.78, 5) is 18.3. The van der Waals surface area contributed by atoms with Gasteiger partial charge in [0.05, 0.1) is 22.2 Å². The molecule has 1 fully saturated rings. The van der Waals surface area contributed by atoms with Crippen molar-refractivity contribution in [2.24, 2.45) is 0 Å². The second-order valence-corrected chi connectivity index (χ2v) is 10.1. The summed E-state index contributed by atoms with van der Waals surface area (Å²) >= 11 is 12.3. The molecule has 0 N–H and O–H groups in total. The highest BCUT2D eigenvalue weighted by atomic mass is 35.5. The molecule has 0 saturated carbocycles. The fourth-order valence-electron chi connectivity index (χ4n) is 4.38. The van der Waals surface area contributed by atoms with Gasteiger partial charge in [0.1, 0.15) is 5.82 Å². The van der Waals surface area contributed by atoms with Crippen LogP contribution in [0.15, 0.2) is 36.4 Å². The molecule has 1 amide bonds. The van der Waals surface area contributed by atoms with Crippen LogP contribution in [-0.4, -0.2) is 74.2 Å². The van der Waals surface area contributed by atoms with Crippen LogP contribution in [0.3, 0.4) is 0 Å². The molecule has 5 nitrogen and oxygen atoms in total. The minimum Gasteiger partial charge on any atom is -0.449 e. The largest absolute Gasteiger partial charge is 0.449 e. The molecule has 2 atom stereocenters. The molecular weight excluding hydrogens is 521 g/mol. The van der Waals surface area contributed by atoms with Gasteiger partial charge in [-0.05, 0) is 63.0 Å². The van der Waals surface area contributed by atoms with Crippen molar-refractivity contribution < 1.29 is 27.1 Å². The van der Waals surface area contributed by atoms with Crippen LogP contribution in [0.4, 0.5) is 22.4 Å². The van der Waals surface area contributed by atoms with E-state index in [0.29, 0.717) is 35.1 Å². The minimum atomic E-state index is -4.76. The van der Waals surface area contributed by atoms with Gasteiger partial charge < -0.3 is 14.5 Å². The molecule has 3 rings (SSSR count). The Labute approximate surface area is 218 Å². The van der Waals surface area contributed by atoms with E-state index in [1.807, 2.05) is 30.0 Å². The third kappa shape index (κ3) is 7.25. The molecule has 0 spiro atoms. The Morgan fingerprint density at radius 2 is 1.81 bits per heavy atom. The van der Waals surface area contributed by atoms with E-state index in [1.165, 1.54) is 6.07 Å². The molecule has 1 aliphatic rings. The maximum absolute atomic E-state index is 14.1. The van der Waals surface area contributed by atoms with Gasteiger partial charge in [-0.3, -0.25) is 4.90 Å². The quantitative estimate of drug-likeness (QED) is 0.292. The molecule has 0 aliphatic carbocycles. The van der Waals surface area contributed by atoms with Crippen molar-refractivity contribution in [2.75, 3.05) is 47.4 Å². The first-order valence-electron chi connectivity index (χ1n) is 11.4. The van der Waals surface area contributed by atoms with Crippen molar-refractivity contribution in [3.63, 3.8) is 0 Å². The number of rotatable bonds is 8. The Morgan fingerprint density at radius 3 is 2.42 bits per heavy atom. The predicted molar refractivity (Wildman–Crippen MR) is 132 cm³/mol.